The van der Waals surface area contributed by atoms with Gasteiger partial charge in [-0.15, -0.1) is 0 Å². The summed E-state index contributed by atoms with van der Waals surface area (Å²) >= 11 is 2.07. The Hall–Kier alpha value is -0.540. The summed E-state index contributed by atoms with van der Waals surface area (Å²) in [4.78, 5) is 10.1. The quantitative estimate of drug-likeness (QED) is 0.350. The van der Waals surface area contributed by atoms with Crippen LogP contribution in [0.15, 0.2) is 4.99 Å². The first kappa shape index (κ1) is 21.2. The van der Waals surface area contributed by atoms with Crippen molar-refractivity contribution in [2.24, 2.45) is 4.99 Å². The molecule has 0 bridgehead atoms. The van der Waals surface area contributed by atoms with E-state index < -0.39 is 0 Å². The summed E-state index contributed by atoms with van der Waals surface area (Å²) in [7, 11) is 0. The lowest BCUT2D eigenvalue weighted by molar-refractivity contribution is -0.0104. The highest BCUT2D eigenvalue weighted by atomic mass is 32.2. The maximum atomic E-state index is 5.56. The van der Waals surface area contributed by atoms with E-state index in [-0.39, 0.29) is 5.54 Å². The third-order valence-electron chi connectivity index (χ3n) is 5.69. The van der Waals surface area contributed by atoms with Gasteiger partial charge in [-0.2, -0.15) is 11.8 Å². The Morgan fingerprint density at radius 2 is 1.81 bits per heavy atom. The number of thioether (sulfide) groups is 1. The van der Waals surface area contributed by atoms with Crippen molar-refractivity contribution in [2.75, 3.05) is 90.3 Å². The average Bonchev–Trinajstić information content (AvgIpc) is 3.21. The van der Waals surface area contributed by atoms with Gasteiger partial charge in [0, 0.05) is 45.0 Å². The Bertz CT molecular complexity index is 447. The van der Waals surface area contributed by atoms with Gasteiger partial charge in [0.2, 0.25) is 0 Å². The van der Waals surface area contributed by atoms with E-state index in [0.717, 1.165) is 91.2 Å². The van der Waals surface area contributed by atoms with Gasteiger partial charge >= 0.3 is 0 Å². The summed E-state index contributed by atoms with van der Waals surface area (Å²) in [6, 6.07) is 0. The molecule has 0 amide bonds. The molecule has 0 aromatic heterocycles. The largest absolute Gasteiger partial charge is 0.379 e. The summed E-state index contributed by atoms with van der Waals surface area (Å²) < 4.78 is 11.0. The van der Waals surface area contributed by atoms with E-state index >= 15 is 0 Å². The monoisotopic (exact) mass is 399 g/mol. The average molecular weight is 400 g/mol. The Balaban J connectivity index is 1.47. The molecule has 3 aliphatic rings. The van der Waals surface area contributed by atoms with E-state index in [1.165, 1.54) is 17.9 Å². The van der Waals surface area contributed by atoms with Gasteiger partial charge in [-0.3, -0.25) is 14.8 Å². The van der Waals surface area contributed by atoms with Crippen LogP contribution in [0.25, 0.3) is 0 Å². The minimum absolute atomic E-state index is 0.213. The molecule has 3 saturated heterocycles. The lowest BCUT2D eigenvalue weighted by Gasteiger charge is -2.42. The molecule has 0 aliphatic carbocycles. The van der Waals surface area contributed by atoms with Gasteiger partial charge < -0.3 is 20.1 Å². The Morgan fingerprint density at radius 1 is 1.07 bits per heavy atom. The molecule has 0 radical (unpaired) electrons. The minimum atomic E-state index is 0.213. The maximum Gasteiger partial charge on any atom is 0.191 e. The van der Waals surface area contributed by atoms with Gasteiger partial charge in [-0.05, 0) is 32.1 Å². The second kappa shape index (κ2) is 11.5. The van der Waals surface area contributed by atoms with Crippen molar-refractivity contribution in [2.45, 2.75) is 25.3 Å². The van der Waals surface area contributed by atoms with Crippen molar-refractivity contribution in [3.05, 3.63) is 0 Å². The molecule has 156 valence electrons. The van der Waals surface area contributed by atoms with Crippen LogP contribution in [0.4, 0.5) is 0 Å². The van der Waals surface area contributed by atoms with Gasteiger partial charge in [0.1, 0.15) is 0 Å². The molecular weight excluding hydrogens is 362 g/mol. The molecule has 7 nitrogen and oxygen atoms in total. The number of guanidine groups is 1. The zero-order valence-corrected chi connectivity index (χ0v) is 17.7. The second-order valence-electron chi connectivity index (χ2n) is 7.56. The molecule has 0 aromatic carbocycles. The zero-order valence-electron chi connectivity index (χ0n) is 16.9. The molecule has 8 heteroatoms. The highest BCUT2D eigenvalue weighted by Crippen LogP contribution is 2.34. The predicted molar refractivity (Wildman–Crippen MR) is 113 cm³/mol. The summed E-state index contributed by atoms with van der Waals surface area (Å²) in [6.45, 7) is 13.7. The van der Waals surface area contributed by atoms with Crippen molar-refractivity contribution in [3.63, 3.8) is 0 Å². The fraction of sp³-hybridized carbons (Fsp3) is 0.947. The van der Waals surface area contributed by atoms with Crippen LogP contribution in [0.3, 0.4) is 0 Å². The minimum Gasteiger partial charge on any atom is -0.379 e. The van der Waals surface area contributed by atoms with Crippen molar-refractivity contribution in [1.82, 2.24) is 20.4 Å². The molecule has 3 rings (SSSR count). The molecule has 1 atom stereocenters. The zero-order chi connectivity index (χ0) is 18.8. The molecule has 1 unspecified atom stereocenters. The topological polar surface area (TPSA) is 61.4 Å². The molecular formula is C19H37N5O2S. The lowest BCUT2D eigenvalue weighted by atomic mass is 9.96. The number of nitrogens with one attached hydrogen (secondary N) is 2. The van der Waals surface area contributed by atoms with Crippen LogP contribution in [-0.4, -0.2) is 112 Å². The Morgan fingerprint density at radius 3 is 2.48 bits per heavy atom. The van der Waals surface area contributed by atoms with E-state index in [2.05, 4.69) is 39.1 Å². The SMILES string of the molecule is CCNC(=NCC1(N2CCOCC2)CCSC1)NCCCN1CCOCC1. The molecule has 3 aliphatic heterocycles. The van der Waals surface area contributed by atoms with E-state index in [9.17, 15) is 0 Å². The maximum absolute atomic E-state index is 5.56. The first-order valence-electron chi connectivity index (χ1n) is 10.6. The Labute approximate surface area is 168 Å². The van der Waals surface area contributed by atoms with Crippen molar-refractivity contribution < 1.29 is 9.47 Å². The smallest absolute Gasteiger partial charge is 0.191 e. The second-order valence-corrected chi connectivity index (χ2v) is 8.66. The van der Waals surface area contributed by atoms with Crippen molar-refractivity contribution in [1.29, 1.82) is 0 Å². The number of aliphatic imine (C=N–C) groups is 1. The first-order valence-corrected chi connectivity index (χ1v) is 11.7. The number of rotatable bonds is 8. The first-order chi connectivity index (χ1) is 13.3. The van der Waals surface area contributed by atoms with Gasteiger partial charge in [0.05, 0.1) is 38.5 Å². The predicted octanol–water partition coefficient (Wildman–Crippen LogP) is 0.472. The normalized spacial score (nSPS) is 28.4. The van der Waals surface area contributed by atoms with Crippen molar-refractivity contribution >= 4 is 17.7 Å². The van der Waals surface area contributed by atoms with E-state index in [1.54, 1.807) is 0 Å². The molecule has 3 fully saturated rings. The fourth-order valence-electron chi connectivity index (χ4n) is 4.01. The Kier molecular flexibility index (Phi) is 8.99. The molecule has 2 N–H and O–H groups in total. The standard InChI is InChI=1S/C19H37N5O2S/c1-2-20-18(21-5-3-6-23-7-11-25-12-8-23)22-16-19(4-15-27-17-19)24-9-13-26-14-10-24/h2-17H2,1H3,(H2,20,21,22). The van der Waals surface area contributed by atoms with Crippen LogP contribution in [0.5, 0.6) is 0 Å². The molecule has 3 heterocycles. The number of hydrogen-bond acceptors (Lipinski definition) is 6. The molecule has 0 aromatic rings. The summed E-state index contributed by atoms with van der Waals surface area (Å²) in [5.41, 5.74) is 0.213. The van der Waals surface area contributed by atoms with Gasteiger partial charge in [0.25, 0.3) is 0 Å². The van der Waals surface area contributed by atoms with Gasteiger partial charge in [0.15, 0.2) is 5.96 Å². The van der Waals surface area contributed by atoms with Crippen LogP contribution in [0.2, 0.25) is 0 Å². The van der Waals surface area contributed by atoms with Gasteiger partial charge in [-0.25, -0.2) is 0 Å². The summed E-state index contributed by atoms with van der Waals surface area (Å²) in [5.74, 6) is 3.40. The van der Waals surface area contributed by atoms with Crippen LogP contribution < -0.4 is 10.6 Å². The highest BCUT2D eigenvalue weighted by molar-refractivity contribution is 7.99. The highest BCUT2D eigenvalue weighted by Gasteiger charge is 2.40. The number of nitrogens with zero attached hydrogens (tertiary/aromatic N) is 3. The number of morpholine rings is 2. The van der Waals surface area contributed by atoms with Gasteiger partial charge in [-0.1, -0.05) is 0 Å². The van der Waals surface area contributed by atoms with Crippen LogP contribution >= 0.6 is 11.8 Å². The van der Waals surface area contributed by atoms with Crippen LogP contribution in [-0.2, 0) is 9.47 Å². The molecule has 27 heavy (non-hydrogen) atoms. The van der Waals surface area contributed by atoms with Crippen LogP contribution in [0.1, 0.15) is 19.8 Å². The summed E-state index contributed by atoms with van der Waals surface area (Å²) in [6.07, 6.45) is 2.37. The van der Waals surface area contributed by atoms with E-state index in [4.69, 9.17) is 14.5 Å². The third kappa shape index (κ3) is 6.49. The number of hydrogen-bond donors (Lipinski definition) is 2. The van der Waals surface area contributed by atoms with E-state index in [0.29, 0.717) is 0 Å². The van der Waals surface area contributed by atoms with Crippen molar-refractivity contribution in [3.8, 4) is 0 Å². The summed E-state index contributed by atoms with van der Waals surface area (Å²) in [5, 5.41) is 6.96. The molecule has 0 spiro atoms. The fourth-order valence-corrected chi connectivity index (χ4v) is 5.48. The van der Waals surface area contributed by atoms with E-state index in [1.807, 2.05) is 0 Å². The third-order valence-corrected chi connectivity index (χ3v) is 6.92. The van der Waals surface area contributed by atoms with Crippen LogP contribution in [0, 0.1) is 0 Å². The lowest BCUT2D eigenvalue weighted by Crippen LogP contribution is -2.56. The number of ether oxygens (including phenoxy) is 2. The molecule has 0 saturated carbocycles.